The van der Waals surface area contributed by atoms with Gasteiger partial charge in [-0.3, -0.25) is 4.79 Å². The minimum Gasteiger partial charge on any atom is -0.349 e. The normalized spacial score (nSPS) is 24.1. The van der Waals surface area contributed by atoms with Crippen LogP contribution in [0.4, 0.5) is 0 Å². The molecule has 1 amide bonds. The van der Waals surface area contributed by atoms with Gasteiger partial charge < -0.3 is 15.1 Å². The smallest absolute Gasteiger partial charge is 0.285 e. The fourth-order valence-electron chi connectivity index (χ4n) is 3.14. The number of fused-ring (bicyclic) bond motifs is 1. The highest BCUT2D eigenvalue weighted by Gasteiger charge is 2.33. The van der Waals surface area contributed by atoms with Crippen molar-refractivity contribution in [2.75, 3.05) is 26.7 Å². The molecule has 0 spiro atoms. The molecule has 7 nitrogen and oxygen atoms in total. The Morgan fingerprint density at radius 2 is 2.04 bits per heavy atom. The van der Waals surface area contributed by atoms with Gasteiger partial charge in [0.2, 0.25) is 5.91 Å². The molecule has 2 unspecified atom stereocenters. The van der Waals surface area contributed by atoms with Crippen molar-refractivity contribution in [2.24, 2.45) is 4.40 Å². The fourth-order valence-corrected chi connectivity index (χ4v) is 4.39. The maximum Gasteiger partial charge on any atom is 0.285 e. The Morgan fingerprint density at radius 3 is 2.76 bits per heavy atom. The van der Waals surface area contributed by atoms with Crippen LogP contribution in [0.3, 0.4) is 0 Å². The number of piperazine rings is 1. The molecule has 0 saturated carbocycles. The molecule has 9 heteroatoms. The zero-order valence-corrected chi connectivity index (χ0v) is 16.1. The summed E-state index contributed by atoms with van der Waals surface area (Å²) >= 11 is 0. The van der Waals surface area contributed by atoms with Gasteiger partial charge in [-0.25, -0.2) is 0 Å². The van der Waals surface area contributed by atoms with E-state index in [0.717, 1.165) is 6.54 Å². The first-order valence-electron chi connectivity index (χ1n) is 7.99. The van der Waals surface area contributed by atoms with E-state index in [1.807, 2.05) is 11.8 Å². The second-order valence-corrected chi connectivity index (χ2v) is 7.89. The first-order valence-corrected chi connectivity index (χ1v) is 9.43. The Hall–Kier alpha value is -1.64. The molecule has 0 bridgehead atoms. The van der Waals surface area contributed by atoms with E-state index >= 15 is 0 Å². The van der Waals surface area contributed by atoms with Gasteiger partial charge in [0.25, 0.3) is 10.0 Å². The minimum absolute atomic E-state index is 0. The number of benzene rings is 1. The number of rotatable bonds is 2. The molecule has 2 atom stereocenters. The summed E-state index contributed by atoms with van der Waals surface area (Å²) in [5, 5.41) is 3.34. The Bertz CT molecular complexity index is 796. The van der Waals surface area contributed by atoms with Gasteiger partial charge in [0.15, 0.2) is 5.84 Å². The lowest BCUT2D eigenvalue weighted by Crippen LogP contribution is -2.58. The molecule has 138 valence electrons. The van der Waals surface area contributed by atoms with E-state index in [0.29, 0.717) is 17.9 Å². The summed E-state index contributed by atoms with van der Waals surface area (Å²) in [7, 11) is -1.97. The van der Waals surface area contributed by atoms with Crippen LogP contribution in [0.25, 0.3) is 0 Å². The number of likely N-dealkylation sites (N-methyl/N-ethyl adjacent to an activating group) is 1. The highest BCUT2D eigenvalue weighted by atomic mass is 35.5. The Labute approximate surface area is 154 Å². The fraction of sp³-hybridized carbons (Fsp3) is 0.500. The monoisotopic (exact) mass is 386 g/mol. The average molecular weight is 387 g/mol. The lowest BCUT2D eigenvalue weighted by Gasteiger charge is -2.39. The molecular formula is C16H23ClN4O3S. The third kappa shape index (κ3) is 3.65. The topological polar surface area (TPSA) is 82.1 Å². The van der Waals surface area contributed by atoms with Crippen molar-refractivity contribution in [1.29, 1.82) is 0 Å². The number of sulfonamides is 1. The summed E-state index contributed by atoms with van der Waals surface area (Å²) in [6.45, 7) is 5.58. The number of amidine groups is 1. The van der Waals surface area contributed by atoms with Crippen molar-refractivity contribution in [2.45, 2.75) is 30.8 Å². The van der Waals surface area contributed by atoms with Crippen LogP contribution in [0.15, 0.2) is 33.6 Å². The largest absolute Gasteiger partial charge is 0.349 e. The summed E-state index contributed by atoms with van der Waals surface area (Å²) in [4.78, 5) is 16.3. The van der Waals surface area contributed by atoms with Crippen LogP contribution >= 0.6 is 12.4 Å². The third-order valence-electron chi connectivity index (χ3n) is 4.70. The summed E-state index contributed by atoms with van der Waals surface area (Å²) in [6.07, 6.45) is 0. The first kappa shape index (κ1) is 19.7. The standard InChI is InChI=1S/C16H22N4O3S.ClH/c1-11-12(2)20(9-8-17-11)15(21)10-19(3)16-13-6-4-5-7-14(13)24(22,23)18-16;/h4-7,11-12,17H,8-10H2,1-3H3;1H. The van der Waals surface area contributed by atoms with E-state index in [4.69, 9.17) is 0 Å². The van der Waals surface area contributed by atoms with Gasteiger partial charge in [-0.2, -0.15) is 8.42 Å². The van der Waals surface area contributed by atoms with E-state index in [-0.39, 0.29) is 41.8 Å². The maximum atomic E-state index is 12.6. The van der Waals surface area contributed by atoms with Gasteiger partial charge in [-0.1, -0.05) is 12.1 Å². The predicted octanol–water partition coefficient (Wildman–Crippen LogP) is 0.698. The van der Waals surface area contributed by atoms with E-state index in [9.17, 15) is 13.2 Å². The molecule has 2 aliphatic rings. The lowest BCUT2D eigenvalue weighted by atomic mass is 10.1. The number of carbonyl (C=O) groups is 1. The molecule has 3 rings (SSSR count). The number of nitrogens with one attached hydrogen (secondary N) is 1. The van der Waals surface area contributed by atoms with Crippen LogP contribution in [0.5, 0.6) is 0 Å². The third-order valence-corrected chi connectivity index (χ3v) is 6.03. The summed E-state index contributed by atoms with van der Waals surface area (Å²) in [5.41, 5.74) is 0.550. The molecule has 1 N–H and O–H groups in total. The highest BCUT2D eigenvalue weighted by molar-refractivity contribution is 7.90. The second kappa shape index (κ2) is 7.31. The minimum atomic E-state index is -3.67. The first-order chi connectivity index (χ1) is 11.3. The van der Waals surface area contributed by atoms with Crippen molar-refractivity contribution < 1.29 is 13.2 Å². The molecule has 0 radical (unpaired) electrons. The lowest BCUT2D eigenvalue weighted by molar-refractivity contribution is -0.135. The van der Waals surface area contributed by atoms with E-state index in [2.05, 4.69) is 16.6 Å². The quantitative estimate of drug-likeness (QED) is 0.809. The molecule has 0 aliphatic carbocycles. The van der Waals surface area contributed by atoms with Gasteiger partial charge in [0.1, 0.15) is 4.90 Å². The zero-order chi connectivity index (χ0) is 17.5. The zero-order valence-electron chi connectivity index (χ0n) is 14.5. The van der Waals surface area contributed by atoms with Gasteiger partial charge in [0, 0.05) is 37.8 Å². The van der Waals surface area contributed by atoms with E-state index < -0.39 is 10.0 Å². The number of carbonyl (C=O) groups excluding carboxylic acids is 1. The Kier molecular flexibility index (Phi) is 5.75. The number of hydrogen-bond acceptors (Lipinski definition) is 5. The summed E-state index contributed by atoms with van der Waals surface area (Å²) in [5.74, 6) is 0.303. The Morgan fingerprint density at radius 1 is 1.36 bits per heavy atom. The van der Waals surface area contributed by atoms with Crippen molar-refractivity contribution in [3.63, 3.8) is 0 Å². The Balaban J connectivity index is 0.00000225. The van der Waals surface area contributed by atoms with Crippen molar-refractivity contribution in [3.8, 4) is 0 Å². The number of hydrogen-bond donors (Lipinski definition) is 1. The van der Waals surface area contributed by atoms with Crippen LogP contribution in [0.1, 0.15) is 19.4 Å². The predicted molar refractivity (Wildman–Crippen MR) is 98.7 cm³/mol. The highest BCUT2D eigenvalue weighted by Crippen LogP contribution is 2.27. The van der Waals surface area contributed by atoms with Crippen LogP contribution in [-0.2, 0) is 14.8 Å². The summed E-state index contributed by atoms with van der Waals surface area (Å²) < 4.78 is 28.1. The number of nitrogens with zero attached hydrogens (tertiary/aromatic N) is 3. The SMILES string of the molecule is CC1NCCN(C(=O)CN(C)C2=NS(=O)(=O)c3ccccc32)C1C.Cl. The van der Waals surface area contributed by atoms with E-state index in [1.165, 1.54) is 6.07 Å². The maximum absolute atomic E-state index is 12.6. The molecule has 0 aromatic heterocycles. The molecule has 1 fully saturated rings. The van der Waals surface area contributed by atoms with Crippen LogP contribution < -0.4 is 5.32 Å². The van der Waals surface area contributed by atoms with Crippen LogP contribution in [-0.4, -0.2) is 68.7 Å². The molecule has 1 aromatic carbocycles. The van der Waals surface area contributed by atoms with Gasteiger partial charge >= 0.3 is 0 Å². The summed E-state index contributed by atoms with van der Waals surface area (Å²) in [6, 6.07) is 7.03. The van der Waals surface area contributed by atoms with E-state index in [1.54, 1.807) is 30.1 Å². The van der Waals surface area contributed by atoms with Crippen molar-refractivity contribution in [1.82, 2.24) is 15.1 Å². The molecule has 2 heterocycles. The van der Waals surface area contributed by atoms with Crippen LogP contribution in [0.2, 0.25) is 0 Å². The molecule has 2 aliphatic heterocycles. The van der Waals surface area contributed by atoms with Gasteiger partial charge in [-0.15, -0.1) is 16.8 Å². The average Bonchev–Trinajstić information content (AvgIpc) is 2.82. The molecule has 1 aromatic rings. The van der Waals surface area contributed by atoms with Crippen molar-refractivity contribution in [3.05, 3.63) is 29.8 Å². The molecule has 25 heavy (non-hydrogen) atoms. The second-order valence-electron chi connectivity index (χ2n) is 6.31. The number of halogens is 1. The van der Waals surface area contributed by atoms with Gasteiger partial charge in [0.05, 0.1) is 6.54 Å². The molecule has 1 saturated heterocycles. The molecular weight excluding hydrogens is 364 g/mol. The van der Waals surface area contributed by atoms with Crippen molar-refractivity contribution >= 4 is 34.2 Å². The number of amides is 1. The van der Waals surface area contributed by atoms with Crippen LogP contribution in [0, 0.1) is 0 Å². The van der Waals surface area contributed by atoms with Gasteiger partial charge in [-0.05, 0) is 26.0 Å².